The van der Waals surface area contributed by atoms with Gasteiger partial charge in [-0.1, -0.05) is 32.0 Å². The molecule has 0 spiro atoms. The Morgan fingerprint density at radius 3 is 2.28 bits per heavy atom. The molecular formula is C19H31N3O3. The van der Waals surface area contributed by atoms with Gasteiger partial charge in [0.25, 0.3) is 0 Å². The van der Waals surface area contributed by atoms with E-state index in [-0.39, 0.29) is 24.9 Å². The van der Waals surface area contributed by atoms with E-state index in [2.05, 4.69) is 29.8 Å². The highest BCUT2D eigenvalue weighted by atomic mass is 16.6. The van der Waals surface area contributed by atoms with E-state index >= 15 is 0 Å². The minimum absolute atomic E-state index is 0.100. The summed E-state index contributed by atoms with van der Waals surface area (Å²) in [6, 6.07) is 10.0. The van der Waals surface area contributed by atoms with E-state index in [1.54, 1.807) is 20.8 Å². The van der Waals surface area contributed by atoms with Crippen LogP contribution in [0.2, 0.25) is 0 Å². The van der Waals surface area contributed by atoms with Crippen LogP contribution >= 0.6 is 0 Å². The Bertz CT molecular complexity index is 539. The van der Waals surface area contributed by atoms with Gasteiger partial charge in [0.15, 0.2) is 0 Å². The van der Waals surface area contributed by atoms with Gasteiger partial charge in [0.1, 0.15) is 5.60 Å². The molecule has 0 heterocycles. The molecule has 0 radical (unpaired) electrons. The van der Waals surface area contributed by atoms with Crippen molar-refractivity contribution in [3.63, 3.8) is 0 Å². The fourth-order valence-electron chi connectivity index (χ4n) is 2.11. The van der Waals surface area contributed by atoms with Crippen LogP contribution < -0.4 is 16.0 Å². The first-order valence-corrected chi connectivity index (χ1v) is 8.72. The van der Waals surface area contributed by atoms with Crippen molar-refractivity contribution in [3.8, 4) is 0 Å². The number of hydrogen-bond donors (Lipinski definition) is 3. The molecule has 0 saturated carbocycles. The van der Waals surface area contributed by atoms with Gasteiger partial charge in [-0.15, -0.1) is 0 Å². The summed E-state index contributed by atoms with van der Waals surface area (Å²) in [7, 11) is 0. The molecule has 3 N–H and O–H groups in total. The van der Waals surface area contributed by atoms with Crippen molar-refractivity contribution in [2.45, 2.75) is 52.7 Å². The summed E-state index contributed by atoms with van der Waals surface area (Å²) >= 11 is 0. The zero-order valence-corrected chi connectivity index (χ0v) is 15.9. The normalized spacial score (nSPS) is 12.4. The number of nitrogens with one attached hydrogen (secondary N) is 3. The number of amides is 2. The SMILES string of the molecule is CC(C)C(CNC(=O)CCNC(=O)OC(C)(C)C)Nc1ccccc1. The Labute approximate surface area is 150 Å². The molecule has 25 heavy (non-hydrogen) atoms. The number of hydrogen-bond acceptors (Lipinski definition) is 4. The van der Waals surface area contributed by atoms with E-state index in [4.69, 9.17) is 4.74 Å². The van der Waals surface area contributed by atoms with Gasteiger partial charge in [0, 0.05) is 31.2 Å². The second-order valence-corrected chi connectivity index (χ2v) is 7.34. The lowest BCUT2D eigenvalue weighted by Gasteiger charge is -2.24. The molecule has 0 fully saturated rings. The zero-order chi connectivity index (χ0) is 18.9. The molecule has 2 amide bonds. The zero-order valence-electron chi connectivity index (χ0n) is 15.9. The Kier molecular flexibility index (Phi) is 8.25. The number of carbonyl (C=O) groups is 2. The molecule has 6 nitrogen and oxygen atoms in total. The van der Waals surface area contributed by atoms with Crippen molar-refractivity contribution in [3.05, 3.63) is 30.3 Å². The van der Waals surface area contributed by atoms with Gasteiger partial charge in [0.05, 0.1) is 0 Å². The van der Waals surface area contributed by atoms with Crippen molar-refractivity contribution in [2.24, 2.45) is 5.92 Å². The van der Waals surface area contributed by atoms with Crippen LogP contribution in [-0.2, 0) is 9.53 Å². The second-order valence-electron chi connectivity index (χ2n) is 7.34. The summed E-state index contributed by atoms with van der Waals surface area (Å²) in [4.78, 5) is 23.5. The quantitative estimate of drug-likeness (QED) is 0.673. The largest absolute Gasteiger partial charge is 0.444 e. The number of rotatable bonds is 8. The summed E-state index contributed by atoms with van der Waals surface area (Å²) in [6.07, 6.45) is -0.291. The number of alkyl carbamates (subject to hydrolysis) is 1. The third kappa shape index (κ3) is 9.59. The highest BCUT2D eigenvalue weighted by Gasteiger charge is 2.17. The van der Waals surface area contributed by atoms with Crippen LogP contribution in [0.5, 0.6) is 0 Å². The Hall–Kier alpha value is -2.24. The molecule has 1 rings (SSSR count). The summed E-state index contributed by atoms with van der Waals surface area (Å²) in [5, 5.41) is 8.92. The predicted molar refractivity (Wildman–Crippen MR) is 101 cm³/mol. The summed E-state index contributed by atoms with van der Waals surface area (Å²) in [5.41, 5.74) is 0.488. The van der Waals surface area contributed by atoms with Crippen molar-refractivity contribution in [1.29, 1.82) is 0 Å². The first kappa shape index (κ1) is 20.8. The number of anilines is 1. The maximum absolute atomic E-state index is 12.0. The summed E-state index contributed by atoms with van der Waals surface area (Å²) in [5.74, 6) is 0.261. The van der Waals surface area contributed by atoms with Gasteiger partial charge < -0.3 is 20.7 Å². The molecule has 0 bridgehead atoms. The van der Waals surface area contributed by atoms with E-state index in [9.17, 15) is 9.59 Å². The maximum atomic E-state index is 12.0. The maximum Gasteiger partial charge on any atom is 0.407 e. The lowest BCUT2D eigenvalue weighted by atomic mass is 10.0. The molecule has 0 aliphatic rings. The monoisotopic (exact) mass is 349 g/mol. The number of para-hydroxylation sites is 1. The Morgan fingerprint density at radius 2 is 1.72 bits per heavy atom. The molecule has 1 aromatic rings. The van der Waals surface area contributed by atoms with Gasteiger partial charge in [0.2, 0.25) is 5.91 Å². The van der Waals surface area contributed by atoms with Gasteiger partial charge in [-0.2, -0.15) is 0 Å². The number of benzene rings is 1. The molecule has 0 saturated heterocycles. The highest BCUT2D eigenvalue weighted by molar-refractivity contribution is 5.77. The summed E-state index contributed by atoms with van der Waals surface area (Å²) in [6.45, 7) is 10.4. The molecule has 140 valence electrons. The smallest absolute Gasteiger partial charge is 0.407 e. The molecular weight excluding hydrogens is 318 g/mol. The minimum Gasteiger partial charge on any atom is -0.444 e. The molecule has 1 unspecified atom stereocenters. The molecule has 1 aromatic carbocycles. The third-order valence-electron chi connectivity index (χ3n) is 3.47. The van der Waals surface area contributed by atoms with E-state index in [0.717, 1.165) is 5.69 Å². The van der Waals surface area contributed by atoms with Crippen LogP contribution in [0, 0.1) is 5.92 Å². The highest BCUT2D eigenvalue weighted by Crippen LogP contribution is 2.11. The van der Waals surface area contributed by atoms with Gasteiger partial charge in [-0.05, 0) is 38.8 Å². The van der Waals surface area contributed by atoms with Gasteiger partial charge >= 0.3 is 6.09 Å². The fraction of sp³-hybridized carbons (Fsp3) is 0.579. The van der Waals surface area contributed by atoms with Crippen molar-refractivity contribution >= 4 is 17.7 Å². The molecule has 1 atom stereocenters. The average molecular weight is 349 g/mol. The van der Waals surface area contributed by atoms with E-state index < -0.39 is 11.7 Å². The molecule has 0 aromatic heterocycles. The third-order valence-corrected chi connectivity index (χ3v) is 3.47. The Morgan fingerprint density at radius 1 is 1.08 bits per heavy atom. The topological polar surface area (TPSA) is 79.5 Å². The van der Waals surface area contributed by atoms with Gasteiger partial charge in [-0.25, -0.2) is 4.79 Å². The minimum atomic E-state index is -0.542. The first-order chi connectivity index (χ1) is 11.7. The summed E-state index contributed by atoms with van der Waals surface area (Å²) < 4.78 is 5.12. The average Bonchev–Trinajstić information content (AvgIpc) is 2.50. The first-order valence-electron chi connectivity index (χ1n) is 8.72. The van der Waals surface area contributed by atoms with Crippen LogP contribution in [0.15, 0.2) is 30.3 Å². The van der Waals surface area contributed by atoms with Crippen LogP contribution in [0.3, 0.4) is 0 Å². The Balaban J connectivity index is 2.32. The molecule has 0 aliphatic heterocycles. The van der Waals surface area contributed by atoms with Crippen LogP contribution in [0.4, 0.5) is 10.5 Å². The van der Waals surface area contributed by atoms with Gasteiger partial charge in [-0.3, -0.25) is 4.79 Å². The lowest BCUT2D eigenvalue weighted by Crippen LogP contribution is -2.41. The van der Waals surface area contributed by atoms with E-state index in [0.29, 0.717) is 12.5 Å². The van der Waals surface area contributed by atoms with Crippen LogP contribution in [-0.4, -0.2) is 36.7 Å². The second kappa shape index (κ2) is 9.91. The van der Waals surface area contributed by atoms with E-state index in [1.165, 1.54) is 0 Å². The van der Waals surface area contributed by atoms with Crippen molar-refractivity contribution in [2.75, 3.05) is 18.4 Å². The predicted octanol–water partition coefficient (Wildman–Crippen LogP) is 3.15. The lowest BCUT2D eigenvalue weighted by molar-refractivity contribution is -0.121. The molecule has 6 heteroatoms. The standard InChI is InChI=1S/C19H31N3O3/c1-14(2)16(22-15-9-7-6-8-10-15)13-21-17(23)11-12-20-18(24)25-19(3,4)5/h6-10,14,16,22H,11-13H2,1-5H3,(H,20,24)(H,21,23). The van der Waals surface area contributed by atoms with Crippen molar-refractivity contribution in [1.82, 2.24) is 10.6 Å². The number of ether oxygens (including phenoxy) is 1. The van der Waals surface area contributed by atoms with Crippen LogP contribution in [0.25, 0.3) is 0 Å². The van der Waals surface area contributed by atoms with Crippen LogP contribution in [0.1, 0.15) is 41.0 Å². The van der Waals surface area contributed by atoms with E-state index in [1.807, 2.05) is 30.3 Å². The number of carbonyl (C=O) groups excluding carboxylic acids is 2. The fourth-order valence-corrected chi connectivity index (χ4v) is 2.11. The molecule has 0 aliphatic carbocycles. The van der Waals surface area contributed by atoms with Crippen molar-refractivity contribution < 1.29 is 14.3 Å².